The number of ether oxygens (including phenoxy) is 1. The first-order valence-electron chi connectivity index (χ1n) is 8.46. The highest BCUT2D eigenvalue weighted by Gasteiger charge is 2.40. The Balaban J connectivity index is 1.69. The molecule has 0 bridgehead atoms. The number of nitrogens with zero attached hydrogens (tertiary/aromatic N) is 4. The van der Waals surface area contributed by atoms with Crippen LogP contribution in [0.5, 0.6) is 0 Å². The predicted octanol–water partition coefficient (Wildman–Crippen LogP) is 1.51. The van der Waals surface area contributed by atoms with E-state index in [-0.39, 0.29) is 17.9 Å². The molecule has 25 heavy (non-hydrogen) atoms. The predicted molar refractivity (Wildman–Crippen MR) is 96.2 cm³/mol. The fourth-order valence-electron chi connectivity index (χ4n) is 3.41. The van der Waals surface area contributed by atoms with E-state index in [4.69, 9.17) is 4.74 Å². The molecule has 0 aliphatic carbocycles. The average molecular weight is 363 g/mol. The van der Waals surface area contributed by atoms with Crippen molar-refractivity contribution in [2.24, 2.45) is 13.0 Å². The molecule has 1 fully saturated rings. The summed E-state index contributed by atoms with van der Waals surface area (Å²) in [5, 5.41) is 7.80. The van der Waals surface area contributed by atoms with Crippen molar-refractivity contribution in [2.45, 2.75) is 25.9 Å². The molecule has 0 saturated carbocycles. The molecule has 0 aromatic carbocycles. The van der Waals surface area contributed by atoms with Gasteiger partial charge in [0.15, 0.2) is 0 Å². The van der Waals surface area contributed by atoms with Gasteiger partial charge in [0.25, 0.3) is 0 Å². The average Bonchev–Trinajstić information content (AvgIpc) is 3.26. The normalized spacial score (nSPS) is 20.6. The number of nitrogens with one attached hydrogen (secondary N) is 1. The van der Waals surface area contributed by atoms with Crippen LogP contribution in [-0.2, 0) is 23.1 Å². The first kappa shape index (κ1) is 18.0. The maximum absolute atomic E-state index is 12.5. The molecule has 7 nitrogen and oxygen atoms in total. The minimum atomic E-state index is 0.0476. The third-order valence-corrected chi connectivity index (χ3v) is 5.61. The molecule has 0 radical (unpaired) electrons. The van der Waals surface area contributed by atoms with Crippen molar-refractivity contribution in [3.05, 3.63) is 34.0 Å². The largest absolute Gasteiger partial charge is 0.383 e. The van der Waals surface area contributed by atoms with Gasteiger partial charge in [-0.15, -0.1) is 11.3 Å². The van der Waals surface area contributed by atoms with Crippen LogP contribution in [0.4, 0.5) is 0 Å². The molecule has 8 heteroatoms. The number of likely N-dealkylation sites (tertiary alicyclic amines) is 1. The molecule has 2 atom stereocenters. The van der Waals surface area contributed by atoms with Crippen molar-refractivity contribution in [1.82, 2.24) is 25.0 Å². The van der Waals surface area contributed by atoms with Crippen molar-refractivity contribution >= 4 is 17.2 Å². The molecule has 0 spiro atoms. The zero-order valence-electron chi connectivity index (χ0n) is 14.9. The number of aryl methyl sites for hydroxylation is 2. The van der Waals surface area contributed by atoms with Crippen LogP contribution in [-0.4, -0.2) is 52.4 Å². The second kappa shape index (κ2) is 8.07. The second-order valence-electron chi connectivity index (χ2n) is 6.43. The van der Waals surface area contributed by atoms with Crippen LogP contribution in [0.3, 0.4) is 0 Å². The van der Waals surface area contributed by atoms with Crippen LogP contribution in [0.1, 0.15) is 28.6 Å². The van der Waals surface area contributed by atoms with Gasteiger partial charge in [0, 0.05) is 62.8 Å². The number of rotatable bonds is 8. The molecule has 1 aliphatic heterocycles. The first-order valence-corrected chi connectivity index (χ1v) is 9.34. The Morgan fingerprint density at radius 2 is 2.32 bits per heavy atom. The van der Waals surface area contributed by atoms with Gasteiger partial charge >= 0.3 is 0 Å². The molecule has 1 aliphatic rings. The highest BCUT2D eigenvalue weighted by atomic mass is 32.1. The van der Waals surface area contributed by atoms with Gasteiger partial charge in [-0.1, -0.05) is 0 Å². The molecule has 1 amide bonds. The molecule has 3 heterocycles. The fraction of sp³-hybridized carbons (Fsp3) is 0.588. The third kappa shape index (κ3) is 4.08. The Morgan fingerprint density at radius 1 is 1.48 bits per heavy atom. The Labute approximate surface area is 152 Å². The number of hydrogen-bond donors (Lipinski definition) is 1. The number of carbonyl (C=O) groups excluding carboxylic acids is 1. The summed E-state index contributed by atoms with van der Waals surface area (Å²) in [4.78, 5) is 20.0. The Hall–Kier alpha value is -1.77. The van der Waals surface area contributed by atoms with Gasteiger partial charge in [0.1, 0.15) is 0 Å². The maximum atomic E-state index is 12.5. The molecule has 1 N–H and O–H groups in total. The number of methoxy groups -OCH3 is 1. The van der Waals surface area contributed by atoms with E-state index in [0.717, 1.165) is 24.3 Å². The quantitative estimate of drug-likeness (QED) is 0.770. The van der Waals surface area contributed by atoms with E-state index < -0.39 is 0 Å². The van der Waals surface area contributed by atoms with E-state index in [9.17, 15) is 4.79 Å². The molecular weight excluding hydrogens is 338 g/mol. The van der Waals surface area contributed by atoms with Crippen LogP contribution < -0.4 is 5.32 Å². The summed E-state index contributed by atoms with van der Waals surface area (Å²) < 4.78 is 6.97. The Bertz CT molecular complexity index is 713. The van der Waals surface area contributed by atoms with E-state index in [1.807, 2.05) is 36.8 Å². The van der Waals surface area contributed by atoms with Crippen molar-refractivity contribution in [3.8, 4) is 0 Å². The number of amides is 1. The van der Waals surface area contributed by atoms with Crippen LogP contribution in [0, 0.1) is 12.8 Å². The summed E-state index contributed by atoms with van der Waals surface area (Å²) >= 11 is 1.66. The molecule has 2 aromatic heterocycles. The monoisotopic (exact) mass is 363 g/mol. The lowest BCUT2D eigenvalue weighted by Crippen LogP contribution is -2.33. The lowest BCUT2D eigenvalue weighted by Gasteiger charge is -2.27. The van der Waals surface area contributed by atoms with E-state index >= 15 is 0 Å². The molecule has 2 aromatic rings. The summed E-state index contributed by atoms with van der Waals surface area (Å²) in [7, 11) is 3.57. The molecule has 1 saturated heterocycles. The first-order chi connectivity index (χ1) is 12.1. The molecular formula is C17H25N5O2S. The molecule has 0 unspecified atom stereocenters. The van der Waals surface area contributed by atoms with Crippen LogP contribution >= 0.6 is 11.3 Å². The van der Waals surface area contributed by atoms with Gasteiger partial charge < -0.3 is 15.0 Å². The summed E-state index contributed by atoms with van der Waals surface area (Å²) in [6.45, 7) is 4.75. The summed E-state index contributed by atoms with van der Waals surface area (Å²) in [5.41, 5.74) is 4.03. The van der Waals surface area contributed by atoms with Gasteiger partial charge in [-0.2, -0.15) is 5.10 Å². The molecule has 3 rings (SSSR count). The van der Waals surface area contributed by atoms with Gasteiger partial charge in [-0.25, -0.2) is 4.98 Å². The van der Waals surface area contributed by atoms with Crippen molar-refractivity contribution in [2.75, 3.05) is 26.8 Å². The second-order valence-corrected chi connectivity index (χ2v) is 7.37. The summed E-state index contributed by atoms with van der Waals surface area (Å²) in [6.07, 6.45) is 4.42. The van der Waals surface area contributed by atoms with E-state index in [0.29, 0.717) is 19.6 Å². The lowest BCUT2D eigenvalue weighted by atomic mass is 9.95. The number of aromatic nitrogens is 3. The smallest absolute Gasteiger partial charge is 0.223 e. The van der Waals surface area contributed by atoms with E-state index in [1.54, 1.807) is 23.1 Å². The van der Waals surface area contributed by atoms with E-state index in [2.05, 4.69) is 15.4 Å². The minimum Gasteiger partial charge on any atom is -0.383 e. The zero-order chi connectivity index (χ0) is 17.8. The van der Waals surface area contributed by atoms with Crippen LogP contribution in [0.2, 0.25) is 0 Å². The van der Waals surface area contributed by atoms with Crippen molar-refractivity contribution in [1.29, 1.82) is 0 Å². The highest BCUT2D eigenvalue weighted by molar-refractivity contribution is 7.09. The number of carbonyl (C=O) groups is 1. The standard InChI is InChI=1S/C17H25N5O2S/c1-12-15(25-11-19-12)9-18-7-13-6-16(23)22(4-5-24-3)17(13)14-8-20-21(2)10-14/h8,10-11,13,17-18H,4-7,9H2,1-3H3/t13-,17+/m0/s1. The Kier molecular flexibility index (Phi) is 5.82. The minimum absolute atomic E-state index is 0.0476. The van der Waals surface area contributed by atoms with Gasteiger partial charge in [0.05, 0.1) is 30.1 Å². The summed E-state index contributed by atoms with van der Waals surface area (Å²) in [5.74, 6) is 0.411. The topological polar surface area (TPSA) is 72.3 Å². The van der Waals surface area contributed by atoms with Gasteiger partial charge in [0.2, 0.25) is 5.91 Å². The van der Waals surface area contributed by atoms with Crippen LogP contribution in [0.15, 0.2) is 17.9 Å². The van der Waals surface area contributed by atoms with Crippen LogP contribution in [0.25, 0.3) is 0 Å². The maximum Gasteiger partial charge on any atom is 0.223 e. The number of thiazole rings is 1. The third-order valence-electron chi connectivity index (χ3n) is 4.68. The fourth-order valence-corrected chi connectivity index (χ4v) is 4.16. The summed E-state index contributed by atoms with van der Waals surface area (Å²) in [6, 6.07) is 0.0476. The zero-order valence-corrected chi connectivity index (χ0v) is 15.8. The van der Waals surface area contributed by atoms with Crippen molar-refractivity contribution < 1.29 is 9.53 Å². The highest BCUT2D eigenvalue weighted by Crippen LogP contribution is 2.37. The van der Waals surface area contributed by atoms with Gasteiger partial charge in [-0.05, 0) is 6.92 Å². The Morgan fingerprint density at radius 3 is 2.96 bits per heavy atom. The van der Waals surface area contributed by atoms with Gasteiger partial charge in [-0.3, -0.25) is 9.48 Å². The van der Waals surface area contributed by atoms with Crippen molar-refractivity contribution in [3.63, 3.8) is 0 Å². The van der Waals surface area contributed by atoms with E-state index in [1.165, 1.54) is 4.88 Å². The number of hydrogen-bond acceptors (Lipinski definition) is 6. The molecule has 136 valence electrons. The SMILES string of the molecule is COCCN1C(=O)C[C@@H](CNCc2scnc2C)[C@@H]1c1cnn(C)c1. The lowest BCUT2D eigenvalue weighted by molar-refractivity contribution is -0.129.